The first-order valence-electron chi connectivity index (χ1n) is 8.10. The number of pyridine rings is 1. The molecule has 10 nitrogen and oxygen atoms in total. The lowest BCUT2D eigenvalue weighted by Crippen LogP contribution is -2.45. The van der Waals surface area contributed by atoms with E-state index < -0.39 is 24.2 Å². The third kappa shape index (κ3) is 4.84. The summed E-state index contributed by atoms with van der Waals surface area (Å²) in [6, 6.07) is 4.99. The van der Waals surface area contributed by atoms with Crippen LogP contribution < -0.4 is 26.4 Å². The van der Waals surface area contributed by atoms with Gasteiger partial charge in [-0.15, -0.1) is 10.6 Å². The van der Waals surface area contributed by atoms with Gasteiger partial charge in [0.15, 0.2) is 5.75 Å². The van der Waals surface area contributed by atoms with Gasteiger partial charge in [-0.2, -0.15) is 8.78 Å². The highest BCUT2D eigenvalue weighted by Gasteiger charge is 2.24. The molecule has 1 aromatic carbocycles. The molecule has 1 aliphatic heterocycles. The number of alkyl halides is 2. The second kappa shape index (κ2) is 9.07. The standard InChI is InChI=1S/C16H13Cl2F2N7O3/c1-27-16(24-25-26-27)23-13(28)8-3-5-10(30-15(19)20)12(11(8)18)22-14(29)9-4-2-7(17)6-21-9/h2-6,15,25-26H,1H3,(H,22,29)(H,23,24,28). The van der Waals surface area contributed by atoms with Crippen molar-refractivity contribution in [3.8, 4) is 5.75 Å². The van der Waals surface area contributed by atoms with Crippen molar-refractivity contribution in [3.05, 3.63) is 51.8 Å². The van der Waals surface area contributed by atoms with E-state index in [2.05, 4.69) is 36.5 Å². The summed E-state index contributed by atoms with van der Waals surface area (Å²) >= 11 is 12.0. The molecule has 1 aromatic heterocycles. The van der Waals surface area contributed by atoms with Crippen molar-refractivity contribution in [3.63, 3.8) is 0 Å². The predicted molar refractivity (Wildman–Crippen MR) is 104 cm³/mol. The minimum absolute atomic E-state index is 0.0626. The van der Waals surface area contributed by atoms with Gasteiger partial charge in [-0.3, -0.25) is 19.9 Å². The van der Waals surface area contributed by atoms with Crippen LogP contribution in [0.2, 0.25) is 10.0 Å². The summed E-state index contributed by atoms with van der Waals surface area (Å²) in [6.07, 6.45) is 1.24. The van der Waals surface area contributed by atoms with Crippen molar-refractivity contribution >= 4 is 46.7 Å². The molecule has 0 aliphatic carbocycles. The Hall–Kier alpha value is -3.22. The van der Waals surface area contributed by atoms with Crippen molar-refractivity contribution in [2.24, 2.45) is 5.10 Å². The number of hydrogen-bond acceptors (Lipinski definition) is 8. The monoisotopic (exact) mass is 459 g/mol. The summed E-state index contributed by atoms with van der Waals surface area (Å²) in [5.74, 6) is -1.80. The number of aromatic nitrogens is 1. The number of guanidine groups is 1. The predicted octanol–water partition coefficient (Wildman–Crippen LogP) is 2.20. The summed E-state index contributed by atoms with van der Waals surface area (Å²) in [7, 11) is 1.57. The quantitative estimate of drug-likeness (QED) is 0.540. The number of carbonyl (C=O) groups excluding carboxylic acids is 2. The van der Waals surface area contributed by atoms with Gasteiger partial charge in [0.1, 0.15) is 11.4 Å². The number of rotatable bonds is 5. The first-order chi connectivity index (χ1) is 14.3. The molecule has 1 aliphatic rings. The lowest BCUT2D eigenvalue weighted by atomic mass is 10.1. The van der Waals surface area contributed by atoms with E-state index in [1.54, 1.807) is 7.05 Å². The minimum Gasteiger partial charge on any atom is -0.433 e. The fourth-order valence-electron chi connectivity index (χ4n) is 2.29. The molecule has 30 heavy (non-hydrogen) atoms. The lowest BCUT2D eigenvalue weighted by Gasteiger charge is -2.17. The van der Waals surface area contributed by atoms with Gasteiger partial charge in [0, 0.05) is 13.2 Å². The Bertz CT molecular complexity index is 1010. The van der Waals surface area contributed by atoms with Crippen LogP contribution in [0.1, 0.15) is 20.8 Å². The molecule has 0 fully saturated rings. The molecule has 0 atom stereocenters. The van der Waals surface area contributed by atoms with Crippen molar-refractivity contribution in [2.75, 3.05) is 12.4 Å². The Kier molecular flexibility index (Phi) is 6.50. The molecular weight excluding hydrogens is 447 g/mol. The average molecular weight is 460 g/mol. The van der Waals surface area contributed by atoms with Gasteiger partial charge in [0.05, 0.1) is 15.6 Å². The number of benzene rings is 1. The molecule has 3 rings (SSSR count). The number of carbonyl (C=O) groups is 2. The van der Waals surface area contributed by atoms with E-state index >= 15 is 0 Å². The van der Waals surface area contributed by atoms with Gasteiger partial charge in [0.25, 0.3) is 11.8 Å². The van der Waals surface area contributed by atoms with Crippen LogP contribution in [0.4, 0.5) is 14.5 Å². The molecule has 0 saturated carbocycles. The maximum absolute atomic E-state index is 12.8. The molecule has 0 spiro atoms. The molecule has 2 amide bonds. The van der Waals surface area contributed by atoms with Crippen LogP contribution in [-0.2, 0) is 0 Å². The second-order valence-electron chi connectivity index (χ2n) is 5.67. The minimum atomic E-state index is -3.19. The Morgan fingerprint density at radius 1 is 1.17 bits per heavy atom. The van der Waals surface area contributed by atoms with Crippen molar-refractivity contribution in [2.45, 2.75) is 6.61 Å². The molecule has 2 aromatic rings. The highest BCUT2D eigenvalue weighted by molar-refractivity contribution is 6.37. The SMILES string of the molecule is CN1NNN=C1NC(=O)c1ccc(OC(F)F)c(NC(=O)c2ccc(Cl)cn2)c1Cl. The molecule has 0 saturated heterocycles. The van der Waals surface area contributed by atoms with Crippen LogP contribution in [0.25, 0.3) is 0 Å². The Morgan fingerprint density at radius 2 is 1.93 bits per heavy atom. The number of nitrogens with zero attached hydrogens (tertiary/aromatic N) is 3. The van der Waals surface area contributed by atoms with Gasteiger partial charge >= 0.3 is 6.61 Å². The molecule has 14 heteroatoms. The van der Waals surface area contributed by atoms with Crippen molar-refractivity contribution < 1.29 is 23.1 Å². The number of hydrazine groups is 2. The van der Waals surface area contributed by atoms with E-state index in [0.29, 0.717) is 5.02 Å². The normalized spacial score (nSPS) is 13.0. The van der Waals surface area contributed by atoms with Crippen LogP contribution in [0.5, 0.6) is 5.75 Å². The second-order valence-corrected chi connectivity index (χ2v) is 6.48. The van der Waals surface area contributed by atoms with Crippen LogP contribution in [0.3, 0.4) is 0 Å². The van der Waals surface area contributed by atoms with E-state index in [9.17, 15) is 18.4 Å². The van der Waals surface area contributed by atoms with E-state index in [1.807, 2.05) is 0 Å². The summed E-state index contributed by atoms with van der Waals surface area (Å²) in [5, 5.41) is 9.93. The third-order valence-corrected chi connectivity index (χ3v) is 4.30. The van der Waals surface area contributed by atoms with E-state index in [1.165, 1.54) is 29.4 Å². The summed E-state index contributed by atoms with van der Waals surface area (Å²) in [5.41, 5.74) is 4.49. The number of nitrogens with one attached hydrogen (secondary N) is 4. The van der Waals surface area contributed by atoms with Gasteiger partial charge in [-0.25, -0.2) is 10.5 Å². The summed E-state index contributed by atoms with van der Waals surface area (Å²) in [6.45, 7) is -3.19. The van der Waals surface area contributed by atoms with Crippen molar-refractivity contribution in [1.29, 1.82) is 0 Å². The Morgan fingerprint density at radius 3 is 2.53 bits per heavy atom. The zero-order valence-corrected chi connectivity index (χ0v) is 16.6. The number of amides is 2. The fraction of sp³-hybridized carbons (Fsp3) is 0.125. The third-order valence-electron chi connectivity index (χ3n) is 3.69. The van der Waals surface area contributed by atoms with Gasteiger partial charge in [-0.1, -0.05) is 23.2 Å². The van der Waals surface area contributed by atoms with Crippen LogP contribution in [0.15, 0.2) is 35.6 Å². The highest BCUT2D eigenvalue weighted by Crippen LogP contribution is 2.36. The summed E-state index contributed by atoms with van der Waals surface area (Å²) < 4.78 is 30.0. The van der Waals surface area contributed by atoms with E-state index in [4.69, 9.17) is 23.2 Å². The topological polar surface area (TPSA) is 120 Å². The number of ether oxygens (including phenoxy) is 1. The smallest absolute Gasteiger partial charge is 0.387 e. The molecular formula is C16H13Cl2F2N7O3. The van der Waals surface area contributed by atoms with Crippen LogP contribution >= 0.6 is 23.2 Å². The summed E-state index contributed by atoms with van der Waals surface area (Å²) in [4.78, 5) is 28.9. The number of hydrogen-bond donors (Lipinski definition) is 4. The molecule has 0 unspecified atom stereocenters. The zero-order chi connectivity index (χ0) is 21.8. The van der Waals surface area contributed by atoms with Crippen LogP contribution in [-0.4, -0.2) is 41.4 Å². The van der Waals surface area contributed by atoms with E-state index in [0.717, 1.165) is 6.07 Å². The number of hydrazone groups is 1. The van der Waals surface area contributed by atoms with E-state index in [-0.39, 0.29) is 27.9 Å². The molecule has 4 N–H and O–H groups in total. The number of halogens is 4. The maximum Gasteiger partial charge on any atom is 0.387 e. The van der Waals surface area contributed by atoms with Crippen LogP contribution in [0, 0.1) is 0 Å². The Balaban J connectivity index is 1.92. The maximum atomic E-state index is 12.8. The molecule has 0 bridgehead atoms. The molecule has 0 radical (unpaired) electrons. The van der Waals surface area contributed by atoms with Gasteiger partial charge in [0.2, 0.25) is 5.96 Å². The number of anilines is 1. The first kappa shape index (κ1) is 21.5. The first-order valence-corrected chi connectivity index (χ1v) is 8.85. The fourth-order valence-corrected chi connectivity index (χ4v) is 2.69. The lowest BCUT2D eigenvalue weighted by molar-refractivity contribution is -0.0493. The zero-order valence-electron chi connectivity index (χ0n) is 15.0. The van der Waals surface area contributed by atoms with Gasteiger partial charge in [-0.05, 0) is 24.3 Å². The average Bonchev–Trinajstić information content (AvgIpc) is 3.09. The highest BCUT2D eigenvalue weighted by atomic mass is 35.5. The molecule has 158 valence electrons. The Labute approximate surface area is 178 Å². The van der Waals surface area contributed by atoms with Crippen molar-refractivity contribution in [1.82, 2.24) is 26.4 Å². The molecule has 2 heterocycles. The largest absolute Gasteiger partial charge is 0.433 e. The van der Waals surface area contributed by atoms with Gasteiger partial charge < -0.3 is 10.1 Å².